The van der Waals surface area contributed by atoms with Crippen LogP contribution in [0.15, 0.2) is 54.6 Å². The molecule has 6 atom stereocenters. The third-order valence-corrected chi connectivity index (χ3v) is 11.8. The van der Waals surface area contributed by atoms with Crippen molar-refractivity contribution >= 4 is 61.9 Å². The van der Waals surface area contributed by atoms with E-state index in [1.807, 2.05) is 69.3 Å². The number of nitrogens with one attached hydrogen (secondary N) is 4. The fourth-order valence-electron chi connectivity index (χ4n) is 7.80. The largest absolute Gasteiger partial charge is 0.356 e. The second-order valence-corrected chi connectivity index (χ2v) is 16.4. The Hall–Kier alpha value is -4.58. The number of thiazole rings is 1. The molecule has 2 saturated heterocycles. The molecule has 0 spiro atoms. The molecule has 256 valence electrons. The topological polar surface area (TPSA) is 153 Å². The van der Waals surface area contributed by atoms with Gasteiger partial charge in [0.15, 0.2) is 5.01 Å². The lowest BCUT2D eigenvalue weighted by Crippen LogP contribution is -2.60. The highest BCUT2D eigenvalue weighted by Crippen LogP contribution is 2.65. The molecule has 1 saturated carbocycles. The number of aromatic amines is 1. The molecule has 2 aliphatic heterocycles. The molecule has 2 aromatic carbocycles. The number of para-hydroxylation sites is 2. The van der Waals surface area contributed by atoms with E-state index in [1.54, 1.807) is 11.0 Å². The highest BCUT2D eigenvalue weighted by Gasteiger charge is 2.70. The summed E-state index contributed by atoms with van der Waals surface area (Å²) in [5.41, 5.74) is 0.993. The highest BCUT2D eigenvalue weighted by molar-refractivity contribution is 7.20. The van der Waals surface area contributed by atoms with E-state index < -0.39 is 41.3 Å². The summed E-state index contributed by atoms with van der Waals surface area (Å²) in [5.74, 6) is -2.13. The summed E-state index contributed by atoms with van der Waals surface area (Å²) in [4.78, 5) is 78.3. The predicted octanol–water partition coefficient (Wildman–Crippen LogP) is 4.30. The molecule has 12 heteroatoms. The van der Waals surface area contributed by atoms with Crippen molar-refractivity contribution in [1.82, 2.24) is 30.8 Å². The van der Waals surface area contributed by atoms with Gasteiger partial charge in [-0.15, -0.1) is 11.3 Å². The van der Waals surface area contributed by atoms with Gasteiger partial charge in [-0.1, -0.05) is 65.0 Å². The zero-order valence-electron chi connectivity index (χ0n) is 28.3. The lowest BCUT2D eigenvalue weighted by Gasteiger charge is -2.38. The van der Waals surface area contributed by atoms with Gasteiger partial charge in [0.2, 0.25) is 23.5 Å². The summed E-state index contributed by atoms with van der Waals surface area (Å²) in [6.45, 7) is 10.7. The average molecular weight is 683 g/mol. The molecule has 4 aromatic rings. The molecule has 7 rings (SSSR count). The molecule has 4 heterocycles. The quantitative estimate of drug-likeness (QED) is 0.193. The number of nitrogens with zero attached hydrogens (tertiary/aromatic N) is 2. The second-order valence-electron chi connectivity index (χ2n) is 15.4. The van der Waals surface area contributed by atoms with Crippen molar-refractivity contribution in [3.8, 4) is 0 Å². The van der Waals surface area contributed by atoms with Crippen LogP contribution in [0.2, 0.25) is 0 Å². The van der Waals surface area contributed by atoms with Gasteiger partial charge in [0.05, 0.1) is 16.3 Å². The molecule has 2 aromatic heterocycles. The number of hydrogen-bond donors (Lipinski definition) is 4. The number of H-pyrrole nitrogens is 1. The van der Waals surface area contributed by atoms with Crippen molar-refractivity contribution in [3.63, 3.8) is 0 Å². The number of aromatic nitrogens is 2. The first-order valence-corrected chi connectivity index (χ1v) is 17.7. The van der Waals surface area contributed by atoms with Crippen LogP contribution in [0, 0.1) is 28.6 Å². The van der Waals surface area contributed by atoms with Gasteiger partial charge in [-0.3, -0.25) is 24.0 Å². The minimum Gasteiger partial charge on any atom is -0.356 e. The van der Waals surface area contributed by atoms with E-state index in [-0.39, 0.29) is 46.3 Å². The molecule has 4 N–H and O–H groups in total. The fraction of sp³-hybridized carbons (Fsp3) is 0.459. The van der Waals surface area contributed by atoms with Crippen molar-refractivity contribution in [2.75, 3.05) is 13.1 Å². The van der Waals surface area contributed by atoms with Crippen molar-refractivity contribution < 1.29 is 24.0 Å². The SMILES string of the molecule is CC(C)(C)[C@H](NC(=O)c1cc2ccccc2[nH]1)C(=O)N1C[C@H]2[C@@H]([C@H]1C(=O)N[C@@H](C[C@@H]1CCNC1=O)C(=O)c1nc3ccccc3s1)C2(C)C. The number of carbonyl (C=O) groups excluding carboxylic acids is 5. The summed E-state index contributed by atoms with van der Waals surface area (Å²) >= 11 is 1.26. The van der Waals surface area contributed by atoms with E-state index in [9.17, 15) is 24.0 Å². The van der Waals surface area contributed by atoms with Gasteiger partial charge in [-0.05, 0) is 59.8 Å². The number of carbonyl (C=O) groups is 5. The van der Waals surface area contributed by atoms with Gasteiger partial charge in [0.1, 0.15) is 17.8 Å². The van der Waals surface area contributed by atoms with Crippen LogP contribution < -0.4 is 16.0 Å². The van der Waals surface area contributed by atoms with Crippen LogP contribution in [0.5, 0.6) is 0 Å². The normalized spacial score (nSPS) is 23.9. The number of hydrogen-bond acceptors (Lipinski definition) is 7. The van der Waals surface area contributed by atoms with Gasteiger partial charge in [-0.25, -0.2) is 4.98 Å². The number of likely N-dealkylation sites (tertiary alicyclic amines) is 1. The Morgan fingerprint density at radius 3 is 2.49 bits per heavy atom. The molecule has 11 nitrogen and oxygen atoms in total. The molecule has 3 aliphatic rings. The van der Waals surface area contributed by atoms with Crippen LogP contribution >= 0.6 is 11.3 Å². The Bertz CT molecular complexity index is 1920. The van der Waals surface area contributed by atoms with Crippen LogP contribution in [-0.2, 0) is 14.4 Å². The first-order chi connectivity index (χ1) is 23.2. The summed E-state index contributed by atoms with van der Waals surface area (Å²) in [5, 5.41) is 9.94. The Labute approximate surface area is 288 Å². The van der Waals surface area contributed by atoms with E-state index in [2.05, 4.69) is 39.8 Å². The standard InChI is InChI=1S/C37H42N6O5S/c1-36(2,3)30(42-32(46)25-16-19-10-6-7-11-22(19)39-25)35(48)43-18-21-27(37(21,4)5)28(43)33(47)40-24(17-20-14-15-38-31(20)45)29(44)34-41-23-12-8-9-13-26(23)49-34/h6-13,16,20-21,24,27-28,30,39H,14-15,17-18H2,1-5H3,(H,38,45)(H,40,47)(H,42,46)/t20-,21-,24-,27-,28-,30+/m0/s1. The predicted molar refractivity (Wildman–Crippen MR) is 187 cm³/mol. The highest BCUT2D eigenvalue weighted by atomic mass is 32.1. The lowest BCUT2D eigenvalue weighted by molar-refractivity contribution is -0.144. The van der Waals surface area contributed by atoms with Gasteiger partial charge < -0.3 is 25.8 Å². The van der Waals surface area contributed by atoms with Gasteiger partial charge in [0.25, 0.3) is 5.91 Å². The lowest BCUT2D eigenvalue weighted by atomic mass is 9.85. The molecule has 3 fully saturated rings. The van der Waals surface area contributed by atoms with Crippen molar-refractivity contribution in [3.05, 3.63) is 65.3 Å². The van der Waals surface area contributed by atoms with E-state index in [1.165, 1.54) is 11.3 Å². The molecule has 0 radical (unpaired) electrons. The smallest absolute Gasteiger partial charge is 0.268 e. The Balaban J connectivity index is 1.15. The monoisotopic (exact) mass is 682 g/mol. The number of Topliss-reactive ketones (excluding diaryl/α,β-unsaturated/α-hetero) is 1. The van der Waals surface area contributed by atoms with Crippen LogP contribution in [0.3, 0.4) is 0 Å². The van der Waals surface area contributed by atoms with E-state index >= 15 is 0 Å². The zero-order valence-corrected chi connectivity index (χ0v) is 29.1. The first kappa shape index (κ1) is 32.9. The Morgan fingerprint density at radius 2 is 1.80 bits per heavy atom. The first-order valence-electron chi connectivity index (χ1n) is 16.9. The van der Waals surface area contributed by atoms with E-state index in [0.29, 0.717) is 30.7 Å². The summed E-state index contributed by atoms with van der Waals surface area (Å²) < 4.78 is 0.854. The second kappa shape index (κ2) is 12.1. The molecule has 4 amide bonds. The molecule has 0 bridgehead atoms. The van der Waals surface area contributed by atoms with Gasteiger partial charge >= 0.3 is 0 Å². The Morgan fingerprint density at radius 1 is 1.06 bits per heavy atom. The summed E-state index contributed by atoms with van der Waals surface area (Å²) in [6, 6.07) is 14.0. The number of piperidine rings is 1. The molecule has 0 unspecified atom stereocenters. The number of ketones is 1. The minimum atomic E-state index is -1.00. The van der Waals surface area contributed by atoms with Gasteiger partial charge in [-0.2, -0.15) is 0 Å². The van der Waals surface area contributed by atoms with Crippen LogP contribution in [-0.4, -0.2) is 75.5 Å². The Kier molecular flexibility index (Phi) is 8.12. The number of benzene rings is 2. The van der Waals surface area contributed by atoms with Crippen molar-refractivity contribution in [1.29, 1.82) is 0 Å². The van der Waals surface area contributed by atoms with Crippen LogP contribution in [0.4, 0.5) is 0 Å². The molecule has 49 heavy (non-hydrogen) atoms. The minimum absolute atomic E-state index is 0.0937. The molecule has 1 aliphatic carbocycles. The molecular weight excluding hydrogens is 641 g/mol. The van der Waals surface area contributed by atoms with Gasteiger partial charge in [0, 0.05) is 29.9 Å². The maximum Gasteiger partial charge on any atom is 0.268 e. The van der Waals surface area contributed by atoms with E-state index in [4.69, 9.17) is 0 Å². The summed E-state index contributed by atoms with van der Waals surface area (Å²) in [6.07, 6.45) is 0.698. The van der Waals surface area contributed by atoms with E-state index in [0.717, 1.165) is 15.6 Å². The zero-order chi connectivity index (χ0) is 34.8. The third kappa shape index (κ3) is 6.00. The number of amides is 4. The number of fused-ring (bicyclic) bond motifs is 3. The third-order valence-electron chi connectivity index (χ3n) is 10.7. The van der Waals surface area contributed by atoms with Crippen LogP contribution in [0.25, 0.3) is 21.1 Å². The maximum absolute atomic E-state index is 14.5. The molecular formula is C37H42N6O5S. The summed E-state index contributed by atoms with van der Waals surface area (Å²) in [7, 11) is 0. The van der Waals surface area contributed by atoms with Crippen molar-refractivity contribution in [2.45, 2.75) is 65.6 Å². The number of rotatable bonds is 9. The maximum atomic E-state index is 14.5. The van der Waals surface area contributed by atoms with Crippen LogP contribution in [0.1, 0.15) is 67.8 Å². The van der Waals surface area contributed by atoms with Crippen molar-refractivity contribution in [2.24, 2.45) is 28.6 Å². The average Bonchev–Trinajstić information content (AvgIpc) is 3.71. The fourth-order valence-corrected chi connectivity index (χ4v) is 8.76.